The van der Waals surface area contributed by atoms with Crippen LogP contribution >= 0.6 is 0 Å². The van der Waals surface area contributed by atoms with Gasteiger partial charge in [-0.15, -0.1) is 0 Å². The molecule has 36 heavy (non-hydrogen) atoms. The standard InChI is InChI=1S/C27H34N4O5/c1-34-23-7-6-19(15-24(23)35-2)26(20-5-3-4-11-28-20)18-8-12-30(13-9-18)27(33)31-14-10-22-21(16-31)29-25(32)17-36-22/h3-7,11,15,18,21-22,26H,8-10,12-14,16-17H2,1-2H3,(H,29,32)/t21-,22?,26?/m1/s1. The molecule has 1 aromatic carbocycles. The Bertz CT molecular complexity index is 1070. The lowest BCUT2D eigenvalue weighted by Gasteiger charge is -2.44. The first kappa shape index (κ1) is 24.4. The van der Waals surface area contributed by atoms with Gasteiger partial charge in [0.15, 0.2) is 11.5 Å². The number of piperidine rings is 2. The maximum Gasteiger partial charge on any atom is 0.320 e. The van der Waals surface area contributed by atoms with Crippen LogP contribution in [0, 0.1) is 5.92 Å². The van der Waals surface area contributed by atoms with Gasteiger partial charge in [0.1, 0.15) is 6.61 Å². The number of amides is 3. The Morgan fingerprint density at radius 1 is 1.06 bits per heavy atom. The van der Waals surface area contributed by atoms with E-state index < -0.39 is 0 Å². The highest BCUT2D eigenvalue weighted by Crippen LogP contribution is 2.40. The number of carbonyl (C=O) groups is 2. The van der Waals surface area contributed by atoms with E-state index in [1.165, 1.54) is 0 Å². The number of fused-ring (bicyclic) bond motifs is 1. The van der Waals surface area contributed by atoms with Gasteiger partial charge in [-0.05, 0) is 55.0 Å². The molecule has 192 valence electrons. The summed E-state index contributed by atoms with van der Waals surface area (Å²) < 4.78 is 16.6. The molecule has 3 fully saturated rings. The van der Waals surface area contributed by atoms with Gasteiger partial charge in [0, 0.05) is 44.0 Å². The van der Waals surface area contributed by atoms with Crippen LogP contribution in [0.5, 0.6) is 11.5 Å². The van der Waals surface area contributed by atoms with Gasteiger partial charge in [-0.25, -0.2) is 4.79 Å². The SMILES string of the molecule is COc1ccc(C(c2ccccn2)C2CCN(C(=O)N3CCC4OCC(=O)N[C@@H]4C3)CC2)cc1OC. The maximum absolute atomic E-state index is 13.3. The fourth-order valence-corrected chi connectivity index (χ4v) is 5.79. The van der Waals surface area contributed by atoms with Gasteiger partial charge < -0.3 is 29.3 Å². The molecule has 5 rings (SSSR count). The summed E-state index contributed by atoms with van der Waals surface area (Å²) in [4.78, 5) is 33.6. The quantitative estimate of drug-likeness (QED) is 0.687. The summed E-state index contributed by atoms with van der Waals surface area (Å²) >= 11 is 0. The lowest BCUT2D eigenvalue weighted by atomic mass is 9.78. The fraction of sp³-hybridized carbons (Fsp3) is 0.519. The number of urea groups is 1. The number of benzene rings is 1. The minimum Gasteiger partial charge on any atom is -0.493 e. The summed E-state index contributed by atoms with van der Waals surface area (Å²) in [5.41, 5.74) is 2.15. The molecule has 2 aromatic rings. The predicted molar refractivity (Wildman–Crippen MR) is 133 cm³/mol. The van der Waals surface area contributed by atoms with Crippen LogP contribution in [0.3, 0.4) is 0 Å². The molecule has 4 heterocycles. The van der Waals surface area contributed by atoms with Crippen molar-refractivity contribution in [1.82, 2.24) is 20.1 Å². The van der Waals surface area contributed by atoms with Crippen LogP contribution < -0.4 is 14.8 Å². The molecular weight excluding hydrogens is 460 g/mol. The zero-order chi connectivity index (χ0) is 25.1. The van der Waals surface area contributed by atoms with Crippen molar-refractivity contribution < 1.29 is 23.8 Å². The van der Waals surface area contributed by atoms with Crippen LogP contribution in [-0.2, 0) is 9.53 Å². The minimum absolute atomic E-state index is 0.00175. The number of rotatable bonds is 5. The number of methoxy groups -OCH3 is 2. The van der Waals surface area contributed by atoms with E-state index in [4.69, 9.17) is 19.2 Å². The Balaban J connectivity index is 1.28. The monoisotopic (exact) mass is 494 g/mol. The van der Waals surface area contributed by atoms with Crippen molar-refractivity contribution >= 4 is 11.9 Å². The molecule has 0 radical (unpaired) electrons. The summed E-state index contributed by atoms with van der Waals surface area (Å²) in [7, 11) is 3.29. The van der Waals surface area contributed by atoms with Crippen LogP contribution in [-0.4, -0.2) is 85.9 Å². The highest BCUT2D eigenvalue weighted by Gasteiger charge is 2.39. The lowest BCUT2D eigenvalue weighted by Crippen LogP contribution is -2.62. The molecule has 9 heteroatoms. The van der Waals surface area contributed by atoms with E-state index in [1.807, 2.05) is 40.3 Å². The highest BCUT2D eigenvalue weighted by atomic mass is 16.5. The van der Waals surface area contributed by atoms with Crippen LogP contribution in [0.2, 0.25) is 0 Å². The highest BCUT2D eigenvalue weighted by molar-refractivity contribution is 5.79. The minimum atomic E-state index is -0.125. The first-order chi connectivity index (χ1) is 17.6. The number of morpholine rings is 1. The fourth-order valence-electron chi connectivity index (χ4n) is 5.79. The molecule has 3 atom stereocenters. The molecule has 2 unspecified atom stereocenters. The second kappa shape index (κ2) is 10.7. The number of nitrogens with one attached hydrogen (secondary N) is 1. The van der Waals surface area contributed by atoms with Crippen molar-refractivity contribution in [1.29, 1.82) is 0 Å². The summed E-state index contributed by atoms with van der Waals surface area (Å²) in [6, 6.07) is 12.0. The Morgan fingerprint density at radius 3 is 2.56 bits per heavy atom. The number of hydrogen-bond donors (Lipinski definition) is 1. The summed E-state index contributed by atoms with van der Waals surface area (Å²) in [6.45, 7) is 2.64. The number of nitrogens with zero attached hydrogens (tertiary/aromatic N) is 3. The van der Waals surface area contributed by atoms with Crippen LogP contribution in [0.25, 0.3) is 0 Å². The van der Waals surface area contributed by atoms with Gasteiger partial charge in [-0.3, -0.25) is 9.78 Å². The Morgan fingerprint density at radius 2 is 1.83 bits per heavy atom. The second-order valence-electron chi connectivity index (χ2n) is 9.71. The van der Waals surface area contributed by atoms with Crippen molar-refractivity contribution in [3.05, 3.63) is 53.9 Å². The third-order valence-electron chi connectivity index (χ3n) is 7.65. The number of aromatic nitrogens is 1. The molecule has 1 N–H and O–H groups in total. The molecule has 3 saturated heterocycles. The number of pyridine rings is 1. The van der Waals surface area contributed by atoms with Gasteiger partial charge in [0.25, 0.3) is 0 Å². The van der Waals surface area contributed by atoms with Crippen LogP contribution in [0.1, 0.15) is 36.4 Å². The van der Waals surface area contributed by atoms with Gasteiger partial charge in [0.05, 0.1) is 26.4 Å². The van der Waals surface area contributed by atoms with Gasteiger partial charge in [-0.2, -0.15) is 0 Å². The number of ether oxygens (including phenoxy) is 3. The molecule has 0 aliphatic carbocycles. The van der Waals surface area contributed by atoms with E-state index >= 15 is 0 Å². The Kier molecular flexibility index (Phi) is 7.27. The van der Waals surface area contributed by atoms with Gasteiger partial charge in [0.2, 0.25) is 5.91 Å². The topological polar surface area (TPSA) is 93.2 Å². The van der Waals surface area contributed by atoms with E-state index in [-0.39, 0.29) is 36.6 Å². The second-order valence-corrected chi connectivity index (χ2v) is 9.71. The Hall–Kier alpha value is -3.33. The molecule has 0 spiro atoms. The van der Waals surface area contributed by atoms with E-state index in [0.717, 1.165) is 30.5 Å². The lowest BCUT2D eigenvalue weighted by molar-refractivity contribution is -0.139. The molecule has 0 bridgehead atoms. The number of carbonyl (C=O) groups excluding carboxylic acids is 2. The van der Waals surface area contributed by atoms with E-state index in [9.17, 15) is 9.59 Å². The molecular formula is C27H34N4O5. The smallest absolute Gasteiger partial charge is 0.320 e. The van der Waals surface area contributed by atoms with Crippen molar-refractivity contribution in [2.45, 2.75) is 37.3 Å². The summed E-state index contributed by atoms with van der Waals surface area (Å²) in [5.74, 6) is 1.71. The molecule has 1 aromatic heterocycles. The average Bonchev–Trinajstić information content (AvgIpc) is 2.93. The molecule has 3 aliphatic heterocycles. The first-order valence-corrected chi connectivity index (χ1v) is 12.6. The zero-order valence-corrected chi connectivity index (χ0v) is 20.9. The van der Waals surface area contributed by atoms with Crippen molar-refractivity contribution in [2.75, 3.05) is 47.0 Å². The zero-order valence-electron chi connectivity index (χ0n) is 20.9. The summed E-state index contributed by atoms with van der Waals surface area (Å²) in [5, 5.41) is 2.98. The average molecular weight is 495 g/mol. The third kappa shape index (κ3) is 4.97. The largest absolute Gasteiger partial charge is 0.493 e. The van der Waals surface area contributed by atoms with Crippen LogP contribution in [0.4, 0.5) is 4.79 Å². The van der Waals surface area contributed by atoms with E-state index in [0.29, 0.717) is 43.6 Å². The van der Waals surface area contributed by atoms with Gasteiger partial charge in [-0.1, -0.05) is 12.1 Å². The maximum atomic E-state index is 13.3. The third-order valence-corrected chi connectivity index (χ3v) is 7.65. The van der Waals surface area contributed by atoms with E-state index in [1.54, 1.807) is 14.2 Å². The number of likely N-dealkylation sites (tertiary alicyclic amines) is 2. The molecule has 9 nitrogen and oxygen atoms in total. The van der Waals surface area contributed by atoms with Crippen molar-refractivity contribution in [3.8, 4) is 11.5 Å². The van der Waals surface area contributed by atoms with Crippen LogP contribution in [0.15, 0.2) is 42.6 Å². The molecule has 3 amide bonds. The Labute approximate surface area is 211 Å². The normalized spacial score (nSPS) is 23.4. The van der Waals surface area contributed by atoms with Gasteiger partial charge >= 0.3 is 6.03 Å². The van der Waals surface area contributed by atoms with Crippen molar-refractivity contribution in [3.63, 3.8) is 0 Å². The number of hydrogen-bond acceptors (Lipinski definition) is 6. The first-order valence-electron chi connectivity index (χ1n) is 12.6. The predicted octanol–water partition coefficient (Wildman–Crippen LogP) is 2.65. The van der Waals surface area contributed by atoms with E-state index in [2.05, 4.69) is 17.4 Å². The molecule has 0 saturated carbocycles. The summed E-state index contributed by atoms with van der Waals surface area (Å²) in [6.07, 6.45) is 4.33. The van der Waals surface area contributed by atoms with Crippen molar-refractivity contribution in [2.24, 2.45) is 5.92 Å². The molecule has 3 aliphatic rings.